The summed E-state index contributed by atoms with van der Waals surface area (Å²) in [7, 11) is 0. The van der Waals surface area contributed by atoms with Gasteiger partial charge in [0.05, 0.1) is 5.56 Å². The number of aromatic carboxylic acids is 1. The first-order valence-electron chi connectivity index (χ1n) is 17.1. The van der Waals surface area contributed by atoms with Crippen LogP contribution in [0.15, 0.2) is 30.3 Å². The van der Waals surface area contributed by atoms with Gasteiger partial charge in [0.1, 0.15) is 0 Å². The molecule has 1 aromatic rings. The summed E-state index contributed by atoms with van der Waals surface area (Å²) in [6.45, 7) is 14.4. The maximum atomic E-state index is 11.5. The molecule has 0 aromatic heterocycles. The lowest BCUT2D eigenvalue weighted by atomic mass is 9.37. The minimum Gasteiger partial charge on any atom is -0.478 e. The highest BCUT2D eigenvalue weighted by Crippen LogP contribution is 2.72. The van der Waals surface area contributed by atoms with Gasteiger partial charge in [0.25, 0.3) is 0 Å². The van der Waals surface area contributed by atoms with E-state index in [4.69, 9.17) is 0 Å². The lowest BCUT2D eigenvalue weighted by Crippen LogP contribution is -2.63. The second kappa shape index (κ2) is 11.0. The molecule has 8 atom stereocenters. The van der Waals surface area contributed by atoms with Crippen LogP contribution in [0.25, 0.3) is 5.57 Å². The van der Waals surface area contributed by atoms with Crippen molar-refractivity contribution >= 4 is 11.5 Å². The summed E-state index contributed by atoms with van der Waals surface area (Å²) >= 11 is 0. The number of allylic oxidation sites excluding steroid dienone is 2. The average Bonchev–Trinajstić information content (AvgIpc) is 3.39. The van der Waals surface area contributed by atoms with Crippen LogP contribution in [0.3, 0.4) is 0 Å². The van der Waals surface area contributed by atoms with Crippen molar-refractivity contribution in [1.82, 2.24) is 10.6 Å². The Morgan fingerprint density at radius 1 is 0.905 bits per heavy atom. The van der Waals surface area contributed by atoms with Gasteiger partial charge in [-0.25, -0.2) is 4.79 Å². The van der Waals surface area contributed by atoms with E-state index in [1.807, 2.05) is 12.1 Å². The number of fused-ring (bicyclic) bond motifs is 7. The van der Waals surface area contributed by atoms with Gasteiger partial charge in [0.2, 0.25) is 0 Å². The molecule has 4 nitrogen and oxygen atoms in total. The Hall–Kier alpha value is -2.25. The highest BCUT2D eigenvalue weighted by Gasteiger charge is 2.65. The van der Waals surface area contributed by atoms with Crippen molar-refractivity contribution in [2.24, 2.45) is 45.8 Å². The molecule has 0 heterocycles. The Kier molecular flexibility index (Phi) is 7.83. The molecule has 5 aliphatic rings. The van der Waals surface area contributed by atoms with Gasteiger partial charge < -0.3 is 15.7 Å². The molecule has 4 heteroatoms. The molecule has 0 spiro atoms. The molecule has 4 fully saturated rings. The standard InChI is InChI=1S/C38H54N2O2/c1-6-7-23-39-24-25-40-38-19-8-9-31(38)28-14-15-33-36(4,30(28)17-22-38)21-18-32-35(2,3)29(16-20-37(32,33)5)26-10-12-27(13-11-26)34(41)42/h10-13,16,28,30-33,39-40H,6,8-9,14-15,17-22,24-25H2,1-5H3,(H,41,42)/t28?,30?,31-,32?,33?,36?,37?,38?/m1/s1. The molecule has 0 saturated heterocycles. The maximum absolute atomic E-state index is 11.5. The van der Waals surface area contributed by atoms with E-state index in [0.717, 1.165) is 49.6 Å². The van der Waals surface area contributed by atoms with E-state index in [0.29, 0.717) is 27.9 Å². The molecular formula is C38H54N2O2. The van der Waals surface area contributed by atoms with Crippen molar-refractivity contribution in [3.63, 3.8) is 0 Å². The molecule has 4 saturated carbocycles. The Morgan fingerprint density at radius 3 is 2.43 bits per heavy atom. The largest absolute Gasteiger partial charge is 0.478 e. The number of carbonyl (C=O) groups is 1. The van der Waals surface area contributed by atoms with Gasteiger partial charge in [-0.05, 0) is 127 Å². The fourth-order valence-electron chi connectivity index (χ4n) is 12.0. The van der Waals surface area contributed by atoms with E-state index in [9.17, 15) is 9.90 Å². The van der Waals surface area contributed by atoms with Gasteiger partial charge in [-0.2, -0.15) is 0 Å². The van der Waals surface area contributed by atoms with Gasteiger partial charge in [0, 0.05) is 31.1 Å². The second-order valence-electron chi connectivity index (χ2n) is 15.6. The summed E-state index contributed by atoms with van der Waals surface area (Å²) < 4.78 is 0. The number of carboxylic acids is 1. The predicted molar refractivity (Wildman–Crippen MR) is 172 cm³/mol. The molecule has 1 aromatic carbocycles. The van der Waals surface area contributed by atoms with Crippen molar-refractivity contribution in [2.45, 2.75) is 111 Å². The van der Waals surface area contributed by atoms with E-state index in [-0.39, 0.29) is 5.41 Å². The normalized spacial score (nSPS) is 39.8. The summed E-state index contributed by atoms with van der Waals surface area (Å²) in [5.74, 6) is 6.28. The van der Waals surface area contributed by atoms with Crippen molar-refractivity contribution in [3.05, 3.63) is 41.5 Å². The highest BCUT2D eigenvalue weighted by atomic mass is 16.4. The van der Waals surface area contributed by atoms with E-state index < -0.39 is 5.97 Å². The van der Waals surface area contributed by atoms with E-state index >= 15 is 0 Å². The van der Waals surface area contributed by atoms with Crippen LogP contribution in [0.1, 0.15) is 121 Å². The van der Waals surface area contributed by atoms with Gasteiger partial charge in [-0.15, -0.1) is 0 Å². The minimum absolute atomic E-state index is 0.0720. The van der Waals surface area contributed by atoms with E-state index in [2.05, 4.69) is 63.3 Å². The first-order valence-corrected chi connectivity index (χ1v) is 17.1. The molecular weight excluding hydrogens is 516 g/mol. The topological polar surface area (TPSA) is 61.4 Å². The smallest absolute Gasteiger partial charge is 0.335 e. The fraction of sp³-hybridized carbons (Fsp3) is 0.711. The van der Waals surface area contributed by atoms with Crippen LogP contribution in [0, 0.1) is 57.8 Å². The van der Waals surface area contributed by atoms with Crippen LogP contribution in [0.5, 0.6) is 0 Å². The first kappa shape index (κ1) is 29.8. The van der Waals surface area contributed by atoms with Crippen molar-refractivity contribution < 1.29 is 9.90 Å². The molecule has 228 valence electrons. The SMILES string of the molecule is CCC#CNCCNC12CCC[C@@H]1C1CCC3C(C)(CCC4C(C)(C)C(c5ccc(C(=O)O)cc5)=CCC43C)C1CC2. The van der Waals surface area contributed by atoms with Crippen LogP contribution >= 0.6 is 0 Å². The first-order chi connectivity index (χ1) is 20.1. The molecule has 0 radical (unpaired) electrons. The maximum Gasteiger partial charge on any atom is 0.335 e. The summed E-state index contributed by atoms with van der Waals surface area (Å²) in [4.78, 5) is 11.5. The Balaban J connectivity index is 1.21. The number of hydrogen-bond donors (Lipinski definition) is 3. The molecule has 7 unspecified atom stereocenters. The number of rotatable bonds is 6. The van der Waals surface area contributed by atoms with Crippen molar-refractivity contribution in [1.29, 1.82) is 0 Å². The molecule has 5 aliphatic carbocycles. The zero-order valence-electron chi connectivity index (χ0n) is 26.8. The molecule has 6 rings (SSSR count). The number of hydrogen-bond acceptors (Lipinski definition) is 3. The third kappa shape index (κ3) is 4.65. The molecule has 0 aliphatic heterocycles. The lowest BCUT2D eigenvalue weighted by Gasteiger charge is -2.68. The monoisotopic (exact) mass is 570 g/mol. The number of nitrogens with one attached hydrogen (secondary N) is 2. The molecule has 3 N–H and O–H groups in total. The molecule has 0 bridgehead atoms. The Labute approximate surface area is 254 Å². The van der Waals surface area contributed by atoms with Gasteiger partial charge in [0.15, 0.2) is 0 Å². The van der Waals surface area contributed by atoms with E-state index in [1.165, 1.54) is 68.9 Å². The van der Waals surface area contributed by atoms with Gasteiger partial charge in [-0.1, -0.05) is 65.2 Å². The Morgan fingerprint density at radius 2 is 1.69 bits per heavy atom. The van der Waals surface area contributed by atoms with E-state index in [1.54, 1.807) is 12.1 Å². The third-order valence-electron chi connectivity index (χ3n) is 13.6. The van der Waals surface area contributed by atoms with Crippen LogP contribution in [0.4, 0.5) is 0 Å². The predicted octanol–water partition coefficient (Wildman–Crippen LogP) is 8.15. The number of benzene rings is 1. The molecule has 42 heavy (non-hydrogen) atoms. The van der Waals surface area contributed by atoms with Gasteiger partial charge >= 0.3 is 5.97 Å². The zero-order chi connectivity index (χ0) is 29.8. The lowest BCUT2D eigenvalue weighted by molar-refractivity contribution is -0.172. The quantitative estimate of drug-likeness (QED) is 0.184. The second-order valence-corrected chi connectivity index (χ2v) is 15.6. The highest BCUT2D eigenvalue weighted by molar-refractivity contribution is 5.88. The van der Waals surface area contributed by atoms with Crippen LogP contribution in [0.2, 0.25) is 0 Å². The van der Waals surface area contributed by atoms with Crippen LogP contribution in [-0.2, 0) is 0 Å². The Bertz CT molecular complexity index is 1270. The van der Waals surface area contributed by atoms with Gasteiger partial charge in [-0.3, -0.25) is 0 Å². The zero-order valence-corrected chi connectivity index (χ0v) is 26.8. The average molecular weight is 571 g/mol. The summed E-state index contributed by atoms with van der Waals surface area (Å²) in [6.07, 6.45) is 17.0. The summed E-state index contributed by atoms with van der Waals surface area (Å²) in [5.41, 5.74) is 4.18. The summed E-state index contributed by atoms with van der Waals surface area (Å²) in [6, 6.07) is 10.7. The van der Waals surface area contributed by atoms with Crippen LogP contribution in [-0.4, -0.2) is 29.7 Å². The van der Waals surface area contributed by atoms with Crippen LogP contribution < -0.4 is 10.6 Å². The minimum atomic E-state index is -0.851. The third-order valence-corrected chi connectivity index (χ3v) is 13.6. The number of carboxylic acid groups (broad SMARTS) is 1. The molecule has 0 amide bonds. The van der Waals surface area contributed by atoms with Crippen molar-refractivity contribution in [2.75, 3.05) is 13.1 Å². The summed E-state index contributed by atoms with van der Waals surface area (Å²) in [5, 5.41) is 16.8. The fourth-order valence-corrected chi connectivity index (χ4v) is 12.0. The van der Waals surface area contributed by atoms with Crippen molar-refractivity contribution in [3.8, 4) is 12.0 Å².